The summed E-state index contributed by atoms with van der Waals surface area (Å²) in [6, 6.07) is 0. The van der Waals surface area contributed by atoms with E-state index in [1.807, 2.05) is 6.92 Å². The number of carbonyl (C=O) groups excluding carboxylic acids is 2. The van der Waals surface area contributed by atoms with Crippen LogP contribution in [-0.2, 0) is 19.1 Å². The lowest BCUT2D eigenvalue weighted by Crippen LogP contribution is -2.48. The fraction of sp³-hybridized carbons (Fsp3) is 0.789. The molecule has 0 aromatic rings. The van der Waals surface area contributed by atoms with Gasteiger partial charge >= 0.3 is 11.9 Å². The Balaban J connectivity index is 1.43. The van der Waals surface area contributed by atoms with E-state index in [1.54, 1.807) is 0 Å². The molecule has 0 heterocycles. The van der Waals surface area contributed by atoms with Gasteiger partial charge in [-0.15, -0.1) is 0 Å². The van der Waals surface area contributed by atoms with E-state index >= 15 is 0 Å². The molecule has 23 heavy (non-hydrogen) atoms. The van der Waals surface area contributed by atoms with Crippen LogP contribution >= 0.6 is 0 Å². The first kappa shape index (κ1) is 16.5. The molecule has 4 saturated carbocycles. The quantitative estimate of drug-likeness (QED) is 0.408. The molecule has 0 spiro atoms. The third kappa shape index (κ3) is 4.15. The van der Waals surface area contributed by atoms with Gasteiger partial charge in [0.15, 0.2) is 0 Å². The van der Waals surface area contributed by atoms with Crippen molar-refractivity contribution < 1.29 is 19.1 Å². The van der Waals surface area contributed by atoms with Crippen molar-refractivity contribution in [2.24, 2.45) is 23.2 Å². The summed E-state index contributed by atoms with van der Waals surface area (Å²) in [7, 11) is 0. The van der Waals surface area contributed by atoms with E-state index in [2.05, 4.69) is 0 Å². The molecule has 0 aromatic heterocycles. The highest BCUT2D eigenvalue weighted by molar-refractivity contribution is 5.91. The van der Waals surface area contributed by atoms with Gasteiger partial charge < -0.3 is 9.47 Å². The van der Waals surface area contributed by atoms with Gasteiger partial charge in [0.1, 0.15) is 0 Å². The highest BCUT2D eigenvalue weighted by Gasteiger charge is 2.51. The maximum Gasteiger partial charge on any atom is 0.331 e. The molecule has 128 valence electrons. The van der Waals surface area contributed by atoms with E-state index in [0.29, 0.717) is 13.2 Å². The van der Waals surface area contributed by atoms with Crippen LogP contribution in [0.5, 0.6) is 0 Å². The summed E-state index contributed by atoms with van der Waals surface area (Å²) in [5.74, 6) is 1.66. The molecule has 0 saturated heterocycles. The normalized spacial score (nSPS) is 34.7. The first-order chi connectivity index (χ1) is 11.1. The SMILES string of the molecule is CCCCOC(=O)/C=C/C(=O)OCC12CC3CC(CC(C3)C1)C2. The minimum absolute atomic E-state index is 0.222. The molecular weight excluding hydrogens is 292 g/mol. The first-order valence-corrected chi connectivity index (χ1v) is 9.10. The number of unbranched alkanes of at least 4 members (excludes halogenated alkanes) is 1. The predicted octanol–water partition coefficient (Wildman–Crippen LogP) is 3.65. The van der Waals surface area contributed by atoms with Crippen LogP contribution in [0.4, 0.5) is 0 Å². The van der Waals surface area contributed by atoms with Crippen LogP contribution in [0.2, 0.25) is 0 Å². The molecule has 4 aliphatic carbocycles. The van der Waals surface area contributed by atoms with Gasteiger partial charge in [0, 0.05) is 17.6 Å². The zero-order valence-corrected chi connectivity index (χ0v) is 14.1. The number of hydrogen-bond donors (Lipinski definition) is 0. The van der Waals surface area contributed by atoms with Gasteiger partial charge in [0.25, 0.3) is 0 Å². The standard InChI is InChI=1S/C19H28O4/c1-2-3-6-22-17(20)4-5-18(21)23-13-19-10-14-7-15(11-19)9-16(8-14)12-19/h4-5,14-16H,2-3,6-13H2,1H3/b5-4+. The molecule has 4 rings (SSSR count). The van der Waals surface area contributed by atoms with E-state index in [0.717, 1.165) is 30.6 Å². The highest BCUT2D eigenvalue weighted by Crippen LogP contribution is 2.60. The highest BCUT2D eigenvalue weighted by atomic mass is 16.5. The molecule has 0 unspecified atom stereocenters. The van der Waals surface area contributed by atoms with Crippen molar-refractivity contribution in [1.29, 1.82) is 0 Å². The van der Waals surface area contributed by atoms with Crippen LogP contribution in [0.25, 0.3) is 0 Å². The minimum atomic E-state index is -0.467. The van der Waals surface area contributed by atoms with Crippen LogP contribution < -0.4 is 0 Å². The Labute approximate surface area is 138 Å². The van der Waals surface area contributed by atoms with E-state index in [4.69, 9.17) is 9.47 Å². The summed E-state index contributed by atoms with van der Waals surface area (Å²) < 4.78 is 10.4. The second-order valence-corrected chi connectivity index (χ2v) is 7.88. The Bertz CT molecular complexity index is 444. The molecule has 0 atom stereocenters. The number of ether oxygens (including phenoxy) is 2. The first-order valence-electron chi connectivity index (χ1n) is 9.10. The van der Waals surface area contributed by atoms with Crippen LogP contribution in [0.15, 0.2) is 12.2 Å². The van der Waals surface area contributed by atoms with Crippen molar-refractivity contribution in [3.63, 3.8) is 0 Å². The Hall–Kier alpha value is -1.32. The Kier molecular flexibility index (Phi) is 5.08. The number of hydrogen-bond acceptors (Lipinski definition) is 4. The lowest BCUT2D eigenvalue weighted by molar-refractivity contribution is -0.150. The van der Waals surface area contributed by atoms with Gasteiger partial charge in [-0.2, -0.15) is 0 Å². The number of esters is 2. The monoisotopic (exact) mass is 320 g/mol. The van der Waals surface area contributed by atoms with Gasteiger partial charge in [0.2, 0.25) is 0 Å². The summed E-state index contributed by atoms with van der Waals surface area (Å²) >= 11 is 0. The van der Waals surface area contributed by atoms with Gasteiger partial charge in [-0.1, -0.05) is 13.3 Å². The van der Waals surface area contributed by atoms with Gasteiger partial charge in [-0.3, -0.25) is 0 Å². The third-order valence-corrected chi connectivity index (χ3v) is 5.78. The molecule has 4 heteroatoms. The van der Waals surface area contributed by atoms with Crippen molar-refractivity contribution in [3.8, 4) is 0 Å². The third-order valence-electron chi connectivity index (χ3n) is 5.78. The molecular formula is C19H28O4. The van der Waals surface area contributed by atoms with E-state index in [1.165, 1.54) is 50.7 Å². The molecule has 0 radical (unpaired) electrons. The van der Waals surface area contributed by atoms with Crippen LogP contribution in [0.1, 0.15) is 58.3 Å². The molecule has 0 amide bonds. The fourth-order valence-corrected chi connectivity index (χ4v) is 5.24. The second kappa shape index (κ2) is 7.06. The summed E-state index contributed by atoms with van der Waals surface area (Å²) in [5.41, 5.74) is 0.222. The summed E-state index contributed by atoms with van der Waals surface area (Å²) in [4.78, 5) is 23.3. The van der Waals surface area contributed by atoms with Crippen molar-refractivity contribution in [1.82, 2.24) is 0 Å². The van der Waals surface area contributed by atoms with Crippen molar-refractivity contribution in [2.75, 3.05) is 13.2 Å². The average molecular weight is 320 g/mol. The van der Waals surface area contributed by atoms with Gasteiger partial charge in [0.05, 0.1) is 13.2 Å². The van der Waals surface area contributed by atoms with Gasteiger partial charge in [-0.05, 0) is 62.7 Å². The molecule has 4 bridgehead atoms. The Morgan fingerprint density at radius 2 is 1.48 bits per heavy atom. The van der Waals surface area contributed by atoms with Crippen LogP contribution in [0, 0.1) is 23.2 Å². The zero-order chi connectivity index (χ0) is 16.3. The minimum Gasteiger partial charge on any atom is -0.463 e. The summed E-state index contributed by atoms with van der Waals surface area (Å²) in [5, 5.41) is 0. The number of carbonyl (C=O) groups is 2. The lowest BCUT2D eigenvalue weighted by Gasteiger charge is -2.56. The fourth-order valence-electron chi connectivity index (χ4n) is 5.24. The van der Waals surface area contributed by atoms with E-state index in [-0.39, 0.29) is 5.41 Å². The van der Waals surface area contributed by atoms with Crippen LogP contribution in [-0.4, -0.2) is 25.2 Å². The molecule has 4 aliphatic rings. The Morgan fingerprint density at radius 1 is 0.957 bits per heavy atom. The maximum absolute atomic E-state index is 11.9. The number of rotatable bonds is 7. The van der Waals surface area contributed by atoms with Crippen molar-refractivity contribution in [3.05, 3.63) is 12.2 Å². The molecule has 4 nitrogen and oxygen atoms in total. The topological polar surface area (TPSA) is 52.6 Å². The lowest BCUT2D eigenvalue weighted by atomic mass is 9.50. The maximum atomic E-state index is 11.9. The van der Waals surface area contributed by atoms with Crippen molar-refractivity contribution in [2.45, 2.75) is 58.3 Å². The van der Waals surface area contributed by atoms with Crippen LogP contribution in [0.3, 0.4) is 0 Å². The molecule has 0 N–H and O–H groups in total. The summed E-state index contributed by atoms with van der Waals surface area (Å²) in [6.07, 6.45) is 12.0. The predicted molar refractivity (Wildman–Crippen MR) is 86.6 cm³/mol. The molecule has 0 aromatic carbocycles. The van der Waals surface area contributed by atoms with E-state index < -0.39 is 11.9 Å². The zero-order valence-electron chi connectivity index (χ0n) is 14.1. The van der Waals surface area contributed by atoms with Gasteiger partial charge in [-0.25, -0.2) is 9.59 Å². The van der Waals surface area contributed by atoms with E-state index in [9.17, 15) is 9.59 Å². The molecule has 0 aliphatic heterocycles. The largest absolute Gasteiger partial charge is 0.463 e. The molecule has 4 fully saturated rings. The van der Waals surface area contributed by atoms with Crippen molar-refractivity contribution >= 4 is 11.9 Å². The summed E-state index contributed by atoms with van der Waals surface area (Å²) in [6.45, 7) is 2.96. The Morgan fingerprint density at radius 3 is 2.00 bits per heavy atom. The smallest absolute Gasteiger partial charge is 0.331 e. The average Bonchev–Trinajstić information content (AvgIpc) is 2.50. The second-order valence-electron chi connectivity index (χ2n) is 7.88.